The molecule has 30 heavy (non-hydrogen) atoms. The molecule has 0 aliphatic carbocycles. The van der Waals surface area contributed by atoms with Crippen LogP contribution < -0.4 is 21.3 Å². The Labute approximate surface area is 182 Å². The molecule has 8 nitrogen and oxygen atoms in total. The van der Waals surface area contributed by atoms with Gasteiger partial charge in [-0.1, -0.05) is 45.9 Å². The molecule has 2 rings (SSSR count). The molecule has 0 aliphatic heterocycles. The van der Waals surface area contributed by atoms with Crippen molar-refractivity contribution in [2.45, 2.75) is 9.79 Å². The summed E-state index contributed by atoms with van der Waals surface area (Å²) in [6.07, 6.45) is 0. The Bertz CT molecular complexity index is 861. The minimum absolute atomic E-state index is 0.115. The summed E-state index contributed by atoms with van der Waals surface area (Å²) in [6.45, 7) is -0.231. The molecule has 0 radical (unpaired) electrons. The van der Waals surface area contributed by atoms with E-state index in [2.05, 4.69) is 21.3 Å². The highest BCUT2D eigenvalue weighted by molar-refractivity contribution is 8.76. The Hall–Kier alpha value is -2.98. The van der Waals surface area contributed by atoms with Gasteiger partial charge in [0.15, 0.2) is 0 Å². The van der Waals surface area contributed by atoms with Crippen molar-refractivity contribution < 1.29 is 19.2 Å². The van der Waals surface area contributed by atoms with E-state index in [1.165, 1.54) is 35.7 Å². The van der Waals surface area contributed by atoms with Crippen LogP contribution in [0.3, 0.4) is 0 Å². The van der Waals surface area contributed by atoms with E-state index < -0.39 is 0 Å². The standard InChI is InChI=1S/C20H22N4O4S2/c1-21-17(25)11-23-19(27)13-7-3-5-9-15(13)29-30-16-10-6-4-8-14(16)20(28)24-12-18(26)22-2/h3-10H,11-12H2,1-2H3,(H,21,25)(H,22,26)(H,23,27)(H,24,28). The van der Waals surface area contributed by atoms with E-state index in [1.807, 2.05) is 0 Å². The summed E-state index contributed by atoms with van der Waals surface area (Å²) in [7, 11) is 5.64. The lowest BCUT2D eigenvalue weighted by Crippen LogP contribution is -2.35. The summed E-state index contributed by atoms with van der Waals surface area (Å²) < 4.78 is 0. The smallest absolute Gasteiger partial charge is 0.252 e. The van der Waals surface area contributed by atoms with Crippen LogP contribution in [0.1, 0.15) is 20.7 Å². The second kappa shape index (κ2) is 11.9. The van der Waals surface area contributed by atoms with Crippen molar-refractivity contribution in [2.24, 2.45) is 0 Å². The second-order valence-corrected chi connectivity index (χ2v) is 8.08. The van der Waals surface area contributed by atoms with Crippen molar-refractivity contribution in [3.63, 3.8) is 0 Å². The molecule has 2 aromatic rings. The fourth-order valence-electron chi connectivity index (χ4n) is 2.23. The Balaban J connectivity index is 2.09. The maximum atomic E-state index is 12.4. The third kappa shape index (κ3) is 6.82. The number of likely N-dealkylation sites (N-methyl/N-ethyl adjacent to an activating group) is 2. The maximum absolute atomic E-state index is 12.4. The fraction of sp³-hybridized carbons (Fsp3) is 0.200. The van der Waals surface area contributed by atoms with Gasteiger partial charge in [0.1, 0.15) is 0 Å². The maximum Gasteiger partial charge on any atom is 0.252 e. The Morgan fingerprint density at radius 2 is 1.03 bits per heavy atom. The lowest BCUT2D eigenvalue weighted by atomic mass is 10.2. The first-order valence-electron chi connectivity index (χ1n) is 8.96. The number of carbonyl (C=O) groups excluding carboxylic acids is 4. The molecule has 0 saturated carbocycles. The molecule has 0 aliphatic rings. The van der Waals surface area contributed by atoms with Crippen LogP contribution in [0.5, 0.6) is 0 Å². The lowest BCUT2D eigenvalue weighted by molar-refractivity contribution is -0.120. The molecule has 0 aromatic heterocycles. The van der Waals surface area contributed by atoms with Gasteiger partial charge in [0.2, 0.25) is 11.8 Å². The van der Waals surface area contributed by atoms with Crippen LogP contribution in [0.15, 0.2) is 58.3 Å². The molecule has 0 spiro atoms. The quantitative estimate of drug-likeness (QED) is 0.433. The van der Waals surface area contributed by atoms with Crippen molar-refractivity contribution >= 4 is 45.2 Å². The molecule has 158 valence electrons. The molecular formula is C20H22N4O4S2. The Morgan fingerprint density at radius 1 is 0.667 bits per heavy atom. The van der Waals surface area contributed by atoms with Gasteiger partial charge in [0.05, 0.1) is 24.2 Å². The first-order valence-corrected chi connectivity index (χ1v) is 11.1. The molecule has 0 heterocycles. The Morgan fingerprint density at radius 3 is 1.40 bits per heavy atom. The van der Waals surface area contributed by atoms with Crippen molar-refractivity contribution in [3.05, 3.63) is 59.7 Å². The van der Waals surface area contributed by atoms with Gasteiger partial charge in [-0.15, -0.1) is 0 Å². The van der Waals surface area contributed by atoms with Gasteiger partial charge >= 0.3 is 0 Å². The van der Waals surface area contributed by atoms with Crippen LogP contribution in [0.25, 0.3) is 0 Å². The van der Waals surface area contributed by atoms with E-state index in [4.69, 9.17) is 0 Å². The predicted molar refractivity (Wildman–Crippen MR) is 117 cm³/mol. The molecule has 0 bridgehead atoms. The highest BCUT2D eigenvalue weighted by atomic mass is 33.1. The summed E-state index contributed by atoms with van der Waals surface area (Å²) in [5.74, 6) is -1.31. The monoisotopic (exact) mass is 446 g/mol. The van der Waals surface area contributed by atoms with Gasteiger partial charge in [-0.3, -0.25) is 19.2 Å². The van der Waals surface area contributed by atoms with Gasteiger partial charge in [-0.05, 0) is 24.3 Å². The molecule has 0 saturated heterocycles. The molecule has 0 unspecified atom stereocenters. The van der Waals surface area contributed by atoms with Crippen LogP contribution in [0.4, 0.5) is 0 Å². The first-order chi connectivity index (χ1) is 14.5. The van der Waals surface area contributed by atoms with Crippen LogP contribution in [0, 0.1) is 0 Å². The van der Waals surface area contributed by atoms with Crippen molar-refractivity contribution in [2.75, 3.05) is 27.2 Å². The molecule has 10 heteroatoms. The number of amides is 4. The van der Waals surface area contributed by atoms with E-state index >= 15 is 0 Å². The predicted octanol–water partition coefficient (Wildman–Crippen LogP) is 1.44. The highest BCUT2D eigenvalue weighted by Crippen LogP contribution is 2.40. The van der Waals surface area contributed by atoms with Crippen molar-refractivity contribution in [1.29, 1.82) is 0 Å². The Kier molecular flexibility index (Phi) is 9.23. The summed E-state index contributed by atoms with van der Waals surface area (Å²) in [5.41, 5.74) is 0.862. The summed E-state index contributed by atoms with van der Waals surface area (Å²) in [6, 6.07) is 14.0. The number of rotatable bonds is 9. The van der Waals surface area contributed by atoms with Crippen LogP contribution in [0.2, 0.25) is 0 Å². The summed E-state index contributed by atoms with van der Waals surface area (Å²) in [5, 5.41) is 10.0. The molecule has 4 amide bonds. The second-order valence-electron chi connectivity index (χ2n) is 5.87. The van der Waals surface area contributed by atoms with Crippen molar-refractivity contribution in [3.8, 4) is 0 Å². The fourth-order valence-corrected chi connectivity index (χ4v) is 4.59. The van der Waals surface area contributed by atoms with E-state index in [1.54, 1.807) is 48.5 Å². The van der Waals surface area contributed by atoms with Crippen molar-refractivity contribution in [1.82, 2.24) is 21.3 Å². The number of hydrogen-bond donors (Lipinski definition) is 4. The van der Waals surface area contributed by atoms with E-state index in [9.17, 15) is 19.2 Å². The molecule has 0 fully saturated rings. The number of carbonyl (C=O) groups is 4. The summed E-state index contributed by atoms with van der Waals surface area (Å²) >= 11 is 0. The molecule has 0 atom stereocenters. The van der Waals surface area contributed by atoms with E-state index in [0.717, 1.165) is 0 Å². The summed E-state index contributed by atoms with van der Waals surface area (Å²) in [4.78, 5) is 49.0. The van der Waals surface area contributed by atoms with E-state index in [-0.39, 0.29) is 36.7 Å². The molecular weight excluding hydrogens is 424 g/mol. The third-order valence-corrected chi connectivity index (χ3v) is 6.34. The van der Waals surface area contributed by atoms with Gasteiger partial charge in [0.25, 0.3) is 11.8 Å². The average Bonchev–Trinajstić information content (AvgIpc) is 2.79. The zero-order valence-corrected chi connectivity index (χ0v) is 18.1. The normalized spacial score (nSPS) is 10.1. The van der Waals surface area contributed by atoms with Gasteiger partial charge < -0.3 is 21.3 Å². The lowest BCUT2D eigenvalue weighted by Gasteiger charge is -2.11. The van der Waals surface area contributed by atoms with E-state index in [0.29, 0.717) is 20.9 Å². The van der Waals surface area contributed by atoms with Crippen LogP contribution >= 0.6 is 21.6 Å². The largest absolute Gasteiger partial charge is 0.358 e. The molecule has 4 N–H and O–H groups in total. The highest BCUT2D eigenvalue weighted by Gasteiger charge is 2.16. The SMILES string of the molecule is CNC(=O)CNC(=O)c1ccccc1SSc1ccccc1C(=O)NCC(=O)NC. The van der Waals surface area contributed by atoms with Gasteiger partial charge in [-0.2, -0.15) is 0 Å². The van der Waals surface area contributed by atoms with Crippen LogP contribution in [-0.2, 0) is 9.59 Å². The molecule has 2 aromatic carbocycles. The average molecular weight is 447 g/mol. The topological polar surface area (TPSA) is 116 Å². The van der Waals surface area contributed by atoms with Gasteiger partial charge in [0, 0.05) is 23.9 Å². The zero-order chi connectivity index (χ0) is 21.9. The third-order valence-electron chi connectivity index (χ3n) is 3.86. The number of nitrogens with one attached hydrogen (secondary N) is 4. The minimum atomic E-state index is -0.362. The van der Waals surface area contributed by atoms with Gasteiger partial charge in [-0.25, -0.2) is 0 Å². The number of hydrogen-bond acceptors (Lipinski definition) is 6. The minimum Gasteiger partial charge on any atom is -0.358 e. The number of benzene rings is 2. The zero-order valence-electron chi connectivity index (χ0n) is 16.5. The van der Waals surface area contributed by atoms with Crippen LogP contribution in [-0.4, -0.2) is 50.8 Å². The first kappa shape index (κ1) is 23.3.